The van der Waals surface area contributed by atoms with E-state index in [1.807, 2.05) is 6.92 Å². The fourth-order valence-corrected chi connectivity index (χ4v) is 1.83. The van der Waals surface area contributed by atoms with E-state index in [2.05, 4.69) is 5.32 Å². The first kappa shape index (κ1) is 15.7. The van der Waals surface area contributed by atoms with Crippen molar-refractivity contribution in [3.05, 3.63) is 39.9 Å². The van der Waals surface area contributed by atoms with Crippen LogP contribution in [0.25, 0.3) is 0 Å². The van der Waals surface area contributed by atoms with Gasteiger partial charge >= 0.3 is 0 Å². The summed E-state index contributed by atoms with van der Waals surface area (Å²) in [5, 5.41) is 23.4. The van der Waals surface area contributed by atoms with Crippen LogP contribution in [-0.4, -0.2) is 38.8 Å². The Bertz CT molecular complexity index is 450. The molecule has 7 heteroatoms. The lowest BCUT2D eigenvalue weighted by molar-refractivity contribution is -0.384. The van der Waals surface area contributed by atoms with Crippen LogP contribution in [0.2, 0.25) is 0 Å². The number of hydrogen-bond acceptors (Lipinski definition) is 5. The predicted octanol–water partition coefficient (Wildman–Crippen LogP) is 0.985. The predicted molar refractivity (Wildman–Crippen MR) is 74.5 cm³/mol. The van der Waals surface area contributed by atoms with E-state index in [0.29, 0.717) is 18.7 Å². The van der Waals surface area contributed by atoms with Crippen LogP contribution in [0.1, 0.15) is 18.6 Å². The molecule has 0 saturated carbocycles. The van der Waals surface area contributed by atoms with Crippen molar-refractivity contribution in [2.24, 2.45) is 0 Å². The van der Waals surface area contributed by atoms with E-state index >= 15 is 0 Å². The number of non-ortho nitro benzene ring substituents is 1. The first-order valence-corrected chi connectivity index (χ1v) is 7.49. The van der Waals surface area contributed by atoms with Crippen LogP contribution in [0, 0.1) is 10.1 Å². The van der Waals surface area contributed by atoms with Gasteiger partial charge in [0.15, 0.2) is 0 Å². The quantitative estimate of drug-likeness (QED) is 0.576. The average Bonchev–Trinajstić information content (AvgIpc) is 2.38. The summed E-state index contributed by atoms with van der Waals surface area (Å²) in [5.74, 6) is 0. The van der Waals surface area contributed by atoms with Gasteiger partial charge in [-0.05, 0) is 24.6 Å². The summed E-state index contributed by atoms with van der Waals surface area (Å²) in [6.07, 6.45) is 0.900. The van der Waals surface area contributed by atoms with Crippen molar-refractivity contribution >= 4 is 16.5 Å². The maximum atomic E-state index is 11.1. The molecule has 0 aliphatic rings. The second-order valence-electron chi connectivity index (χ2n) is 4.33. The minimum absolute atomic E-state index is 0.00101. The molecule has 1 rings (SSSR count). The van der Waals surface area contributed by atoms with E-state index in [1.165, 1.54) is 24.3 Å². The molecule has 1 aromatic rings. The van der Waals surface area contributed by atoms with Gasteiger partial charge in [-0.15, -0.1) is 0 Å². The molecule has 106 valence electrons. The second kappa shape index (κ2) is 7.32. The van der Waals surface area contributed by atoms with Gasteiger partial charge in [0, 0.05) is 47.5 Å². The van der Waals surface area contributed by atoms with E-state index in [0.717, 1.165) is 0 Å². The van der Waals surface area contributed by atoms with Crippen LogP contribution >= 0.6 is 0 Å². The summed E-state index contributed by atoms with van der Waals surface area (Å²) >= 11 is 0. The second-order valence-corrected chi connectivity index (χ2v) is 6.13. The molecule has 0 aliphatic carbocycles. The fraction of sp³-hybridized carbons (Fsp3) is 0.500. The minimum atomic E-state index is -0.897. The van der Waals surface area contributed by atoms with Crippen LogP contribution in [0.3, 0.4) is 0 Å². The zero-order chi connectivity index (χ0) is 14.4. The number of rotatable bonds is 7. The van der Waals surface area contributed by atoms with Gasteiger partial charge in [-0.25, -0.2) is 0 Å². The van der Waals surface area contributed by atoms with E-state index < -0.39 is 21.8 Å². The van der Waals surface area contributed by atoms with Gasteiger partial charge in [-0.3, -0.25) is 14.3 Å². The summed E-state index contributed by atoms with van der Waals surface area (Å²) in [5.41, 5.74) is 0.613. The van der Waals surface area contributed by atoms with Crippen molar-refractivity contribution in [2.45, 2.75) is 18.3 Å². The van der Waals surface area contributed by atoms with E-state index in [-0.39, 0.29) is 10.9 Å². The molecule has 2 N–H and O–H groups in total. The summed E-state index contributed by atoms with van der Waals surface area (Å²) < 4.78 is 11.1. The van der Waals surface area contributed by atoms with E-state index in [1.54, 1.807) is 6.26 Å². The van der Waals surface area contributed by atoms with Crippen molar-refractivity contribution in [1.82, 2.24) is 5.32 Å². The zero-order valence-corrected chi connectivity index (χ0v) is 11.7. The Morgan fingerprint density at radius 2 is 1.95 bits per heavy atom. The van der Waals surface area contributed by atoms with Gasteiger partial charge in [-0.2, -0.15) is 0 Å². The van der Waals surface area contributed by atoms with E-state index in [9.17, 15) is 19.4 Å². The molecule has 0 radical (unpaired) electrons. The van der Waals surface area contributed by atoms with Gasteiger partial charge < -0.3 is 10.4 Å². The van der Waals surface area contributed by atoms with Crippen molar-refractivity contribution in [2.75, 3.05) is 19.3 Å². The lowest BCUT2D eigenvalue weighted by Crippen LogP contribution is -2.30. The maximum Gasteiger partial charge on any atom is 0.269 e. The molecule has 6 nitrogen and oxygen atoms in total. The van der Waals surface area contributed by atoms with E-state index in [4.69, 9.17) is 0 Å². The third-order valence-corrected chi connectivity index (χ3v) is 4.12. The summed E-state index contributed by atoms with van der Waals surface area (Å²) in [6, 6.07) is 5.79. The number of nitro benzene ring substituents is 1. The highest BCUT2D eigenvalue weighted by atomic mass is 32.2. The number of aliphatic hydroxyl groups excluding tert-OH is 1. The van der Waals surface area contributed by atoms with Crippen molar-refractivity contribution in [3.8, 4) is 0 Å². The molecule has 0 bridgehead atoms. The van der Waals surface area contributed by atoms with Gasteiger partial charge in [-0.1, -0.05) is 0 Å². The number of aliphatic hydroxyl groups is 1. The Labute approximate surface area is 114 Å². The lowest BCUT2D eigenvalue weighted by Gasteiger charge is -2.14. The third-order valence-electron chi connectivity index (χ3n) is 2.82. The largest absolute Gasteiger partial charge is 0.387 e. The summed E-state index contributed by atoms with van der Waals surface area (Å²) in [6.45, 7) is 2.73. The number of nitrogens with one attached hydrogen (secondary N) is 1. The molecule has 19 heavy (non-hydrogen) atoms. The SMILES string of the molecule is CC(CNCC(O)c1ccc([N+](=O)[O-])cc1)S(C)=O. The molecule has 1 aromatic carbocycles. The zero-order valence-electron chi connectivity index (χ0n) is 10.9. The number of benzene rings is 1. The monoisotopic (exact) mass is 286 g/mol. The van der Waals surface area contributed by atoms with Gasteiger partial charge in [0.05, 0.1) is 11.0 Å². The first-order valence-electron chi connectivity index (χ1n) is 5.87. The molecular weight excluding hydrogens is 268 g/mol. The van der Waals surface area contributed by atoms with Crippen molar-refractivity contribution < 1.29 is 14.2 Å². The molecular formula is C12H18N2O4S. The Morgan fingerprint density at radius 3 is 2.42 bits per heavy atom. The first-order chi connectivity index (χ1) is 8.91. The van der Waals surface area contributed by atoms with Crippen LogP contribution in [0.15, 0.2) is 24.3 Å². The number of hydrogen-bond donors (Lipinski definition) is 2. The highest BCUT2D eigenvalue weighted by molar-refractivity contribution is 7.84. The molecule has 0 spiro atoms. The molecule has 0 aromatic heterocycles. The fourth-order valence-electron chi connectivity index (χ4n) is 1.48. The standard InChI is InChI=1S/C12H18N2O4S/c1-9(19(2)18)7-13-8-12(15)10-3-5-11(6-4-10)14(16)17/h3-6,9,12-13,15H,7-8H2,1-2H3. The van der Waals surface area contributed by atoms with Crippen LogP contribution < -0.4 is 5.32 Å². The highest BCUT2D eigenvalue weighted by Gasteiger charge is 2.11. The summed E-state index contributed by atoms with van der Waals surface area (Å²) in [7, 11) is -0.897. The Hall–Kier alpha value is -1.31. The molecule has 0 aliphatic heterocycles. The van der Waals surface area contributed by atoms with Crippen LogP contribution in [0.5, 0.6) is 0 Å². The van der Waals surface area contributed by atoms with Crippen LogP contribution in [-0.2, 0) is 10.8 Å². The van der Waals surface area contributed by atoms with Crippen molar-refractivity contribution in [3.63, 3.8) is 0 Å². The average molecular weight is 286 g/mol. The number of nitrogens with zero attached hydrogens (tertiary/aromatic N) is 1. The molecule has 0 fully saturated rings. The smallest absolute Gasteiger partial charge is 0.269 e. The summed E-state index contributed by atoms with van der Waals surface area (Å²) in [4.78, 5) is 10.0. The maximum absolute atomic E-state index is 11.1. The Kier molecular flexibility index (Phi) is 6.07. The molecule has 0 saturated heterocycles. The Balaban J connectivity index is 2.47. The Morgan fingerprint density at radius 1 is 1.37 bits per heavy atom. The molecule has 3 atom stereocenters. The topological polar surface area (TPSA) is 92.5 Å². The third kappa shape index (κ3) is 5.06. The van der Waals surface area contributed by atoms with Gasteiger partial charge in [0.1, 0.15) is 0 Å². The van der Waals surface area contributed by atoms with Gasteiger partial charge in [0.25, 0.3) is 5.69 Å². The number of nitro groups is 1. The lowest BCUT2D eigenvalue weighted by atomic mass is 10.1. The van der Waals surface area contributed by atoms with Crippen molar-refractivity contribution in [1.29, 1.82) is 0 Å². The minimum Gasteiger partial charge on any atom is -0.387 e. The molecule has 0 heterocycles. The highest BCUT2D eigenvalue weighted by Crippen LogP contribution is 2.17. The van der Waals surface area contributed by atoms with Gasteiger partial charge in [0.2, 0.25) is 0 Å². The normalized spacial score (nSPS) is 15.7. The van der Waals surface area contributed by atoms with Crippen LogP contribution in [0.4, 0.5) is 5.69 Å². The molecule has 3 unspecified atom stereocenters. The molecule has 0 amide bonds.